The number of ether oxygens (including phenoxy) is 1. The van der Waals surface area contributed by atoms with E-state index in [1.54, 1.807) is 18.0 Å². The lowest BCUT2D eigenvalue weighted by Crippen LogP contribution is -2.45. The summed E-state index contributed by atoms with van der Waals surface area (Å²) in [4.78, 5) is 15.9. The third-order valence-electron chi connectivity index (χ3n) is 3.78. The van der Waals surface area contributed by atoms with Crippen LogP contribution in [0, 0.1) is 0 Å². The molecule has 1 amide bonds. The lowest BCUT2D eigenvalue weighted by Gasteiger charge is -2.30. The van der Waals surface area contributed by atoms with Crippen molar-refractivity contribution in [1.82, 2.24) is 9.80 Å². The second-order valence-corrected chi connectivity index (χ2v) is 6.02. The van der Waals surface area contributed by atoms with Crippen LogP contribution in [0.2, 0.25) is 5.02 Å². The third kappa shape index (κ3) is 5.25. The van der Waals surface area contributed by atoms with Crippen molar-refractivity contribution >= 4 is 17.5 Å². The highest BCUT2D eigenvalue weighted by molar-refractivity contribution is 6.31. The molecule has 1 aromatic carbocycles. The summed E-state index contributed by atoms with van der Waals surface area (Å²) in [6, 6.07) is 7.32. The van der Waals surface area contributed by atoms with Crippen LogP contribution in [0.1, 0.15) is 5.56 Å². The van der Waals surface area contributed by atoms with Crippen LogP contribution in [0.25, 0.3) is 0 Å². The maximum Gasteiger partial charge on any atom is 0.226 e. The predicted octanol–water partition coefficient (Wildman–Crippen LogP) is 1.03. The zero-order valence-electron chi connectivity index (χ0n) is 12.9. The van der Waals surface area contributed by atoms with Gasteiger partial charge in [0.15, 0.2) is 0 Å². The Kier molecular flexibility index (Phi) is 6.64. The first kappa shape index (κ1) is 17.2. The summed E-state index contributed by atoms with van der Waals surface area (Å²) in [7, 11) is 1.71. The quantitative estimate of drug-likeness (QED) is 0.848. The molecule has 1 N–H and O–H groups in total. The van der Waals surface area contributed by atoms with Crippen molar-refractivity contribution in [2.75, 3.05) is 46.4 Å². The number of aliphatic hydroxyl groups excluding tert-OH is 1. The zero-order chi connectivity index (χ0) is 15.9. The molecule has 1 aliphatic heterocycles. The van der Waals surface area contributed by atoms with E-state index in [0.29, 0.717) is 31.3 Å². The fraction of sp³-hybridized carbons (Fsp3) is 0.562. The molecule has 1 aliphatic rings. The zero-order valence-corrected chi connectivity index (χ0v) is 13.6. The van der Waals surface area contributed by atoms with Gasteiger partial charge < -0.3 is 14.7 Å². The Bertz CT molecular complexity index is 492. The van der Waals surface area contributed by atoms with E-state index in [9.17, 15) is 9.90 Å². The SMILES string of the molecule is CN(CC(O)CN1CCOCC1)C(=O)Cc1ccccc1Cl. The van der Waals surface area contributed by atoms with Crippen LogP contribution >= 0.6 is 11.6 Å². The smallest absolute Gasteiger partial charge is 0.226 e. The summed E-state index contributed by atoms with van der Waals surface area (Å²) in [5.41, 5.74) is 0.809. The molecule has 6 heteroatoms. The number of nitrogens with zero attached hydrogens (tertiary/aromatic N) is 2. The van der Waals surface area contributed by atoms with Gasteiger partial charge in [0.05, 0.1) is 25.7 Å². The second kappa shape index (κ2) is 8.48. The fourth-order valence-electron chi connectivity index (χ4n) is 2.50. The molecule has 1 atom stereocenters. The number of benzene rings is 1. The molecular formula is C16H23ClN2O3. The number of hydrogen-bond donors (Lipinski definition) is 1. The van der Waals surface area contributed by atoms with Crippen molar-refractivity contribution in [1.29, 1.82) is 0 Å². The van der Waals surface area contributed by atoms with Crippen molar-refractivity contribution in [3.8, 4) is 0 Å². The van der Waals surface area contributed by atoms with Crippen molar-refractivity contribution in [3.63, 3.8) is 0 Å². The average molecular weight is 327 g/mol. The number of halogens is 1. The summed E-state index contributed by atoms with van der Waals surface area (Å²) in [6.07, 6.45) is -0.307. The van der Waals surface area contributed by atoms with E-state index in [0.717, 1.165) is 18.7 Å². The maximum atomic E-state index is 12.2. The van der Waals surface area contributed by atoms with Gasteiger partial charge >= 0.3 is 0 Å². The first-order chi connectivity index (χ1) is 10.6. The molecule has 0 aromatic heterocycles. The molecule has 0 saturated carbocycles. The lowest BCUT2D eigenvalue weighted by atomic mass is 10.1. The second-order valence-electron chi connectivity index (χ2n) is 5.61. The molecule has 2 rings (SSSR count). The van der Waals surface area contributed by atoms with E-state index in [1.807, 2.05) is 18.2 Å². The molecular weight excluding hydrogens is 304 g/mol. The third-order valence-corrected chi connectivity index (χ3v) is 4.15. The van der Waals surface area contributed by atoms with Crippen molar-refractivity contribution in [2.24, 2.45) is 0 Å². The highest BCUT2D eigenvalue weighted by atomic mass is 35.5. The Balaban J connectivity index is 1.79. The Morgan fingerprint density at radius 1 is 1.41 bits per heavy atom. The molecule has 0 radical (unpaired) electrons. The molecule has 1 fully saturated rings. The van der Waals surface area contributed by atoms with Gasteiger partial charge in [0, 0.05) is 38.2 Å². The topological polar surface area (TPSA) is 53.0 Å². The highest BCUT2D eigenvalue weighted by Crippen LogP contribution is 2.16. The van der Waals surface area contributed by atoms with Crippen molar-refractivity contribution in [2.45, 2.75) is 12.5 Å². The minimum Gasteiger partial charge on any atom is -0.390 e. The number of β-amino-alcohol motifs (C(OH)–C–C–N with tert-alkyl or cyclic N) is 1. The van der Waals surface area contributed by atoms with Gasteiger partial charge in [-0.3, -0.25) is 9.69 Å². The van der Waals surface area contributed by atoms with Crippen LogP contribution in [0.4, 0.5) is 0 Å². The number of hydrogen-bond acceptors (Lipinski definition) is 4. The number of likely N-dealkylation sites (N-methyl/N-ethyl adjacent to an activating group) is 1. The van der Waals surface area contributed by atoms with Crippen LogP contribution in [0.15, 0.2) is 24.3 Å². The Labute approximate surface area is 136 Å². The number of rotatable bonds is 6. The van der Waals surface area contributed by atoms with Crippen LogP contribution in [-0.2, 0) is 16.0 Å². The summed E-state index contributed by atoms with van der Waals surface area (Å²) < 4.78 is 5.28. The largest absolute Gasteiger partial charge is 0.390 e. The van der Waals surface area contributed by atoms with Crippen molar-refractivity contribution < 1.29 is 14.6 Å². The molecule has 0 spiro atoms. The monoisotopic (exact) mass is 326 g/mol. The van der Waals surface area contributed by atoms with Crippen LogP contribution in [0.5, 0.6) is 0 Å². The highest BCUT2D eigenvalue weighted by Gasteiger charge is 2.19. The molecule has 0 bridgehead atoms. The van der Waals surface area contributed by atoms with Crippen molar-refractivity contribution in [3.05, 3.63) is 34.9 Å². The fourth-order valence-corrected chi connectivity index (χ4v) is 2.70. The molecule has 122 valence electrons. The van der Waals surface area contributed by atoms with Gasteiger partial charge in [-0.15, -0.1) is 0 Å². The molecule has 0 aliphatic carbocycles. The molecule has 1 heterocycles. The molecule has 22 heavy (non-hydrogen) atoms. The first-order valence-corrected chi connectivity index (χ1v) is 7.89. The summed E-state index contributed by atoms with van der Waals surface area (Å²) in [5.74, 6) is -0.0471. The average Bonchev–Trinajstić information content (AvgIpc) is 2.50. The van der Waals surface area contributed by atoms with E-state index < -0.39 is 6.10 Å². The molecule has 1 saturated heterocycles. The number of morpholine rings is 1. The summed E-state index contributed by atoms with van der Waals surface area (Å²) in [6.45, 7) is 3.94. The summed E-state index contributed by atoms with van der Waals surface area (Å²) in [5, 5.41) is 10.7. The number of carbonyl (C=O) groups excluding carboxylic acids is 1. The van der Waals surface area contributed by atoms with Crippen LogP contribution in [0.3, 0.4) is 0 Å². The predicted molar refractivity (Wildman–Crippen MR) is 86.1 cm³/mol. The normalized spacial score (nSPS) is 17.2. The van der Waals surface area contributed by atoms with Crippen LogP contribution < -0.4 is 0 Å². The van der Waals surface area contributed by atoms with E-state index in [4.69, 9.17) is 16.3 Å². The van der Waals surface area contributed by atoms with Gasteiger partial charge in [0.25, 0.3) is 0 Å². The lowest BCUT2D eigenvalue weighted by molar-refractivity contribution is -0.130. The van der Waals surface area contributed by atoms with Gasteiger partial charge in [-0.05, 0) is 11.6 Å². The Hall–Kier alpha value is -1.14. The molecule has 5 nitrogen and oxygen atoms in total. The van der Waals surface area contributed by atoms with Gasteiger partial charge in [0.1, 0.15) is 0 Å². The van der Waals surface area contributed by atoms with E-state index >= 15 is 0 Å². The van der Waals surface area contributed by atoms with E-state index in [-0.39, 0.29) is 12.3 Å². The van der Waals surface area contributed by atoms with Crippen LogP contribution in [-0.4, -0.2) is 73.4 Å². The van der Waals surface area contributed by atoms with Gasteiger partial charge in [-0.2, -0.15) is 0 Å². The minimum absolute atomic E-state index is 0.0471. The molecule has 1 unspecified atom stereocenters. The van der Waals surface area contributed by atoms with E-state index in [2.05, 4.69) is 4.90 Å². The Morgan fingerprint density at radius 2 is 2.09 bits per heavy atom. The van der Waals surface area contributed by atoms with Gasteiger partial charge in [0.2, 0.25) is 5.91 Å². The maximum absolute atomic E-state index is 12.2. The standard InChI is InChI=1S/C16H23ClN2O3/c1-18(11-14(20)12-19-6-8-22-9-7-19)16(21)10-13-4-2-3-5-15(13)17/h2-5,14,20H,6-12H2,1H3. The molecule has 1 aromatic rings. The summed E-state index contributed by atoms with van der Waals surface area (Å²) >= 11 is 6.07. The number of amides is 1. The minimum atomic E-state index is -0.557. The number of carbonyl (C=O) groups is 1. The van der Waals surface area contributed by atoms with Gasteiger partial charge in [-0.1, -0.05) is 29.8 Å². The van der Waals surface area contributed by atoms with Gasteiger partial charge in [-0.25, -0.2) is 0 Å². The first-order valence-electron chi connectivity index (χ1n) is 7.52. The van der Waals surface area contributed by atoms with E-state index in [1.165, 1.54) is 0 Å². The Morgan fingerprint density at radius 3 is 2.77 bits per heavy atom. The number of aliphatic hydroxyl groups is 1.